The van der Waals surface area contributed by atoms with Crippen LogP contribution in [-0.2, 0) is 11.2 Å². The molecule has 8 heteroatoms. The molecule has 1 aromatic carbocycles. The number of aliphatic imine (C=N–C) groups is 1. The molecular formula is C22H39IN4O3. The predicted octanol–water partition coefficient (Wildman–Crippen LogP) is 3.41. The van der Waals surface area contributed by atoms with Crippen LogP contribution in [0.3, 0.4) is 0 Å². The molecule has 0 bridgehead atoms. The second-order valence-corrected chi connectivity index (χ2v) is 6.55. The summed E-state index contributed by atoms with van der Waals surface area (Å²) in [7, 11) is 1.90. The molecule has 0 spiro atoms. The maximum absolute atomic E-state index is 12.4. The van der Waals surface area contributed by atoms with Gasteiger partial charge in [0, 0.05) is 33.2 Å². The lowest BCUT2D eigenvalue weighted by Crippen LogP contribution is -2.45. The first-order chi connectivity index (χ1) is 14.0. The molecule has 0 atom stereocenters. The number of guanidine groups is 1. The normalized spacial score (nSPS) is 10.8. The summed E-state index contributed by atoms with van der Waals surface area (Å²) in [6.45, 7) is 14.3. The van der Waals surface area contributed by atoms with Gasteiger partial charge in [0.2, 0.25) is 5.91 Å². The van der Waals surface area contributed by atoms with Crippen molar-refractivity contribution >= 4 is 35.8 Å². The highest BCUT2D eigenvalue weighted by Crippen LogP contribution is 2.28. The van der Waals surface area contributed by atoms with Gasteiger partial charge in [0.25, 0.3) is 0 Å². The molecule has 0 aromatic heterocycles. The van der Waals surface area contributed by atoms with Gasteiger partial charge in [-0.2, -0.15) is 0 Å². The zero-order valence-electron chi connectivity index (χ0n) is 19.4. The van der Waals surface area contributed by atoms with Gasteiger partial charge in [-0.3, -0.25) is 9.79 Å². The van der Waals surface area contributed by atoms with Crippen molar-refractivity contribution in [3.8, 4) is 11.5 Å². The predicted molar refractivity (Wildman–Crippen MR) is 134 cm³/mol. The van der Waals surface area contributed by atoms with E-state index < -0.39 is 0 Å². The number of hydrogen-bond donors (Lipinski definition) is 1. The minimum atomic E-state index is 0. The Hall–Kier alpha value is -1.71. The molecule has 0 heterocycles. The zero-order valence-corrected chi connectivity index (χ0v) is 21.7. The molecule has 0 aliphatic heterocycles. The highest BCUT2D eigenvalue weighted by atomic mass is 127. The summed E-state index contributed by atoms with van der Waals surface area (Å²) in [6, 6.07) is 6.02. The number of hydrogen-bond acceptors (Lipinski definition) is 4. The average Bonchev–Trinajstić information content (AvgIpc) is 2.70. The number of amides is 1. The molecule has 0 aliphatic rings. The third-order valence-electron chi connectivity index (χ3n) is 4.45. The lowest BCUT2D eigenvalue weighted by molar-refractivity contribution is -0.131. The molecular weight excluding hydrogens is 495 g/mol. The molecule has 0 fully saturated rings. The van der Waals surface area contributed by atoms with Gasteiger partial charge in [-0.15, -0.1) is 24.0 Å². The monoisotopic (exact) mass is 534 g/mol. The van der Waals surface area contributed by atoms with E-state index in [0.717, 1.165) is 49.1 Å². The number of carbonyl (C=O) groups excluding carboxylic acids is 1. The number of carbonyl (C=O) groups is 1. The van der Waals surface area contributed by atoms with Gasteiger partial charge in [-0.25, -0.2) is 0 Å². The van der Waals surface area contributed by atoms with Gasteiger partial charge < -0.3 is 24.6 Å². The fourth-order valence-corrected chi connectivity index (χ4v) is 2.97. The van der Waals surface area contributed by atoms with Crippen LogP contribution in [0.4, 0.5) is 0 Å². The Kier molecular flexibility index (Phi) is 15.1. The SMILES string of the molecule is CCNC(=NCCc1ccc(OCC)c(OCC)c1)N(C)CC(=O)N(CC)CC.I. The molecule has 0 saturated carbocycles. The second kappa shape index (κ2) is 16.0. The van der Waals surface area contributed by atoms with E-state index in [-0.39, 0.29) is 29.9 Å². The van der Waals surface area contributed by atoms with Crippen LogP contribution in [0, 0.1) is 0 Å². The minimum absolute atomic E-state index is 0. The Morgan fingerprint density at radius 1 is 1.03 bits per heavy atom. The quantitative estimate of drug-likeness (QED) is 0.253. The molecule has 0 aliphatic carbocycles. The summed E-state index contributed by atoms with van der Waals surface area (Å²) in [5.74, 6) is 2.38. The summed E-state index contributed by atoms with van der Waals surface area (Å²) in [5, 5.41) is 3.27. The Morgan fingerprint density at radius 2 is 1.67 bits per heavy atom. The van der Waals surface area contributed by atoms with Gasteiger partial charge in [0.1, 0.15) is 0 Å². The van der Waals surface area contributed by atoms with Crippen LogP contribution in [0.25, 0.3) is 0 Å². The van der Waals surface area contributed by atoms with Crippen molar-refractivity contribution in [1.82, 2.24) is 15.1 Å². The number of rotatable bonds is 12. The van der Waals surface area contributed by atoms with Crippen LogP contribution >= 0.6 is 24.0 Å². The minimum Gasteiger partial charge on any atom is -0.490 e. The van der Waals surface area contributed by atoms with Crippen molar-refractivity contribution < 1.29 is 14.3 Å². The van der Waals surface area contributed by atoms with E-state index in [4.69, 9.17) is 14.5 Å². The van der Waals surface area contributed by atoms with E-state index in [9.17, 15) is 4.79 Å². The number of ether oxygens (including phenoxy) is 2. The fourth-order valence-electron chi connectivity index (χ4n) is 2.97. The first kappa shape index (κ1) is 28.3. The highest BCUT2D eigenvalue weighted by molar-refractivity contribution is 14.0. The molecule has 1 N–H and O–H groups in total. The zero-order chi connectivity index (χ0) is 21.6. The molecule has 1 amide bonds. The molecule has 30 heavy (non-hydrogen) atoms. The van der Waals surface area contributed by atoms with E-state index in [1.807, 2.05) is 69.7 Å². The largest absolute Gasteiger partial charge is 0.490 e. The summed E-state index contributed by atoms with van der Waals surface area (Å²) in [6.07, 6.45) is 0.777. The average molecular weight is 534 g/mol. The second-order valence-electron chi connectivity index (χ2n) is 6.55. The number of nitrogens with zero attached hydrogens (tertiary/aromatic N) is 3. The van der Waals surface area contributed by atoms with E-state index in [0.29, 0.717) is 26.3 Å². The Bertz CT molecular complexity index is 651. The fraction of sp³-hybridized carbons (Fsp3) is 0.636. The van der Waals surface area contributed by atoms with Crippen molar-refractivity contribution in [1.29, 1.82) is 0 Å². The Labute approximate surface area is 199 Å². The smallest absolute Gasteiger partial charge is 0.242 e. The first-order valence-corrected chi connectivity index (χ1v) is 10.7. The lowest BCUT2D eigenvalue weighted by atomic mass is 10.1. The summed E-state index contributed by atoms with van der Waals surface area (Å²) in [5.41, 5.74) is 1.14. The van der Waals surface area contributed by atoms with Crippen LogP contribution in [0.15, 0.2) is 23.2 Å². The van der Waals surface area contributed by atoms with E-state index in [1.165, 1.54) is 0 Å². The maximum atomic E-state index is 12.4. The van der Waals surface area contributed by atoms with Gasteiger partial charge in [-0.05, 0) is 58.7 Å². The van der Waals surface area contributed by atoms with E-state index in [1.54, 1.807) is 0 Å². The molecule has 0 radical (unpaired) electrons. The lowest BCUT2D eigenvalue weighted by Gasteiger charge is -2.25. The summed E-state index contributed by atoms with van der Waals surface area (Å²) < 4.78 is 11.3. The Morgan fingerprint density at radius 3 is 2.23 bits per heavy atom. The van der Waals surface area contributed by atoms with Crippen molar-refractivity contribution in [3.63, 3.8) is 0 Å². The third-order valence-corrected chi connectivity index (χ3v) is 4.45. The molecule has 0 saturated heterocycles. The van der Waals surface area contributed by atoms with Gasteiger partial charge >= 0.3 is 0 Å². The number of halogens is 1. The molecule has 0 unspecified atom stereocenters. The summed E-state index contributed by atoms with van der Waals surface area (Å²) in [4.78, 5) is 20.8. The van der Waals surface area contributed by atoms with Crippen molar-refractivity contribution in [2.24, 2.45) is 4.99 Å². The molecule has 7 nitrogen and oxygen atoms in total. The van der Waals surface area contributed by atoms with Crippen LogP contribution in [0.1, 0.15) is 40.2 Å². The number of likely N-dealkylation sites (N-methyl/N-ethyl adjacent to an activating group) is 2. The first-order valence-electron chi connectivity index (χ1n) is 10.7. The standard InChI is InChI=1S/C22H38N4O3.HI/c1-7-23-22(25(6)17-21(27)26(8-2)9-3)24-15-14-18-12-13-19(28-10-4)20(16-18)29-11-5;/h12-13,16H,7-11,14-15,17H2,1-6H3,(H,23,24);1H. The maximum Gasteiger partial charge on any atom is 0.242 e. The number of benzene rings is 1. The molecule has 1 aromatic rings. The van der Waals surface area contributed by atoms with E-state index in [2.05, 4.69) is 5.32 Å². The van der Waals surface area contributed by atoms with Gasteiger partial charge in [0.05, 0.1) is 19.8 Å². The number of nitrogens with one attached hydrogen (secondary N) is 1. The van der Waals surface area contributed by atoms with Gasteiger partial charge in [0.15, 0.2) is 17.5 Å². The Balaban J connectivity index is 0.00000841. The van der Waals surface area contributed by atoms with Crippen molar-refractivity contribution in [3.05, 3.63) is 23.8 Å². The van der Waals surface area contributed by atoms with Crippen molar-refractivity contribution in [2.75, 3.05) is 53.0 Å². The third kappa shape index (κ3) is 9.40. The van der Waals surface area contributed by atoms with Crippen molar-refractivity contribution in [2.45, 2.75) is 41.0 Å². The molecule has 172 valence electrons. The van der Waals surface area contributed by atoms with Crippen LogP contribution in [-0.4, -0.2) is 74.7 Å². The van der Waals surface area contributed by atoms with Crippen LogP contribution in [0.2, 0.25) is 0 Å². The van der Waals surface area contributed by atoms with Crippen LogP contribution < -0.4 is 14.8 Å². The topological polar surface area (TPSA) is 66.4 Å². The van der Waals surface area contributed by atoms with E-state index >= 15 is 0 Å². The summed E-state index contributed by atoms with van der Waals surface area (Å²) >= 11 is 0. The van der Waals surface area contributed by atoms with Crippen LogP contribution in [0.5, 0.6) is 11.5 Å². The van der Waals surface area contributed by atoms with Gasteiger partial charge in [-0.1, -0.05) is 6.07 Å². The molecule has 1 rings (SSSR count). The highest BCUT2D eigenvalue weighted by Gasteiger charge is 2.15.